The number of aryl methyl sites for hydroxylation is 1. The molecule has 7 heteroatoms. The first-order valence-corrected chi connectivity index (χ1v) is 9.35. The second-order valence-corrected chi connectivity index (χ2v) is 8.31. The number of amides is 1. The van der Waals surface area contributed by atoms with Gasteiger partial charge in [-0.3, -0.25) is 14.2 Å². The number of hydrogen-bond donors (Lipinski definition) is 3. The van der Waals surface area contributed by atoms with Crippen molar-refractivity contribution in [3.63, 3.8) is 0 Å². The van der Waals surface area contributed by atoms with Crippen molar-refractivity contribution >= 4 is 11.7 Å². The van der Waals surface area contributed by atoms with E-state index in [1.807, 2.05) is 27.7 Å². The van der Waals surface area contributed by atoms with Gasteiger partial charge in [-0.2, -0.15) is 0 Å². The zero-order valence-electron chi connectivity index (χ0n) is 17.4. The Morgan fingerprint density at radius 3 is 2.33 bits per heavy atom. The number of rotatable bonds is 11. The topological polar surface area (TPSA) is 101 Å². The highest BCUT2D eigenvalue weighted by Crippen LogP contribution is 2.26. The lowest BCUT2D eigenvalue weighted by Gasteiger charge is -2.28. The normalized spacial score (nSPS) is 12.2. The van der Waals surface area contributed by atoms with Crippen LogP contribution in [0.25, 0.3) is 0 Å². The lowest BCUT2D eigenvalue weighted by molar-refractivity contribution is -0.127. The number of nitrogens with one attached hydrogen (secondary N) is 1. The highest BCUT2D eigenvalue weighted by molar-refractivity contribution is 5.81. The summed E-state index contributed by atoms with van der Waals surface area (Å²) in [7, 11) is 0. The van der Waals surface area contributed by atoms with Crippen LogP contribution in [0.5, 0.6) is 11.8 Å². The molecule has 27 heavy (non-hydrogen) atoms. The van der Waals surface area contributed by atoms with Crippen LogP contribution >= 0.6 is 0 Å². The predicted molar refractivity (Wildman–Crippen MR) is 104 cm³/mol. The van der Waals surface area contributed by atoms with Crippen molar-refractivity contribution in [2.75, 3.05) is 13.2 Å². The molecule has 0 aromatic carbocycles. The fraction of sp³-hybridized carbons (Fsp3) is 0.700. The first-order chi connectivity index (χ1) is 12.4. The second kappa shape index (κ2) is 9.26. The lowest BCUT2D eigenvalue weighted by Crippen LogP contribution is -2.34. The van der Waals surface area contributed by atoms with Gasteiger partial charge in [0, 0.05) is 43.2 Å². The summed E-state index contributed by atoms with van der Waals surface area (Å²) in [5.41, 5.74) is -0.230. The van der Waals surface area contributed by atoms with Gasteiger partial charge in [-0.15, -0.1) is 0 Å². The number of carbonyl (C=O) groups is 2. The third kappa shape index (κ3) is 7.25. The molecule has 3 N–H and O–H groups in total. The Hall–Kier alpha value is -2.02. The molecular formula is C20H34N2O5. The van der Waals surface area contributed by atoms with E-state index in [2.05, 4.69) is 5.32 Å². The molecule has 1 aromatic rings. The van der Waals surface area contributed by atoms with Crippen LogP contribution in [0.15, 0.2) is 6.07 Å². The largest absolute Gasteiger partial charge is 0.494 e. The summed E-state index contributed by atoms with van der Waals surface area (Å²) in [5.74, 6) is -0.0936. The van der Waals surface area contributed by atoms with Gasteiger partial charge in [-0.25, -0.2) is 0 Å². The summed E-state index contributed by atoms with van der Waals surface area (Å²) >= 11 is 0. The standard InChI is InChI=1S/C20H34N2O5/c1-14-13-17(25)22(18(14)26)11-7-16(24)21-10-8-20(5,6)27-12-9-19(3,4)15(2)23/h13,25-26H,7-12H2,1-6H3,(H,21,24). The van der Waals surface area contributed by atoms with Gasteiger partial charge in [0.2, 0.25) is 5.91 Å². The molecule has 1 heterocycles. The Balaban J connectivity index is 2.32. The average molecular weight is 383 g/mol. The Labute approximate surface area is 161 Å². The summed E-state index contributed by atoms with van der Waals surface area (Å²) in [5, 5.41) is 22.4. The highest BCUT2D eigenvalue weighted by Gasteiger charge is 2.25. The molecule has 0 saturated carbocycles. The van der Waals surface area contributed by atoms with Crippen LogP contribution in [0, 0.1) is 12.3 Å². The molecule has 0 fully saturated rings. The van der Waals surface area contributed by atoms with Crippen LogP contribution in [0.1, 0.15) is 59.4 Å². The monoisotopic (exact) mass is 382 g/mol. The van der Waals surface area contributed by atoms with E-state index >= 15 is 0 Å². The molecular weight excluding hydrogens is 348 g/mol. The summed E-state index contributed by atoms with van der Waals surface area (Å²) in [6.45, 7) is 12.2. The number of aromatic nitrogens is 1. The summed E-state index contributed by atoms with van der Waals surface area (Å²) < 4.78 is 7.19. The van der Waals surface area contributed by atoms with Crippen molar-refractivity contribution in [1.29, 1.82) is 0 Å². The van der Waals surface area contributed by atoms with Gasteiger partial charge < -0.3 is 20.3 Å². The minimum atomic E-state index is -0.409. The second-order valence-electron chi connectivity index (χ2n) is 8.31. The number of ketones is 1. The quantitative estimate of drug-likeness (QED) is 0.546. The van der Waals surface area contributed by atoms with Crippen LogP contribution in [0.2, 0.25) is 0 Å². The van der Waals surface area contributed by atoms with Crippen molar-refractivity contribution < 1.29 is 24.5 Å². The van der Waals surface area contributed by atoms with Crippen LogP contribution in [-0.4, -0.2) is 45.2 Å². The molecule has 0 atom stereocenters. The number of hydrogen-bond acceptors (Lipinski definition) is 5. The molecule has 1 rings (SSSR count). The predicted octanol–water partition coefficient (Wildman–Crippen LogP) is 2.90. The molecule has 0 unspecified atom stereocenters. The molecule has 0 aliphatic carbocycles. The van der Waals surface area contributed by atoms with Crippen molar-refractivity contribution in [2.45, 2.75) is 73.0 Å². The van der Waals surface area contributed by atoms with Gasteiger partial charge in [-0.05, 0) is 40.5 Å². The van der Waals surface area contributed by atoms with E-state index in [-0.39, 0.29) is 36.4 Å². The minimum absolute atomic E-state index is 0.0247. The molecule has 154 valence electrons. The first kappa shape index (κ1) is 23.0. The smallest absolute Gasteiger partial charge is 0.221 e. The van der Waals surface area contributed by atoms with E-state index < -0.39 is 11.0 Å². The fourth-order valence-electron chi connectivity index (χ4n) is 2.51. The van der Waals surface area contributed by atoms with Gasteiger partial charge in [0.15, 0.2) is 11.8 Å². The van der Waals surface area contributed by atoms with Crippen molar-refractivity contribution in [3.8, 4) is 11.8 Å². The molecule has 0 saturated heterocycles. The number of ether oxygens (including phenoxy) is 1. The Morgan fingerprint density at radius 1 is 1.19 bits per heavy atom. The summed E-state index contributed by atoms with van der Waals surface area (Å²) in [6, 6.07) is 1.46. The third-order valence-corrected chi connectivity index (χ3v) is 5.02. The summed E-state index contributed by atoms with van der Waals surface area (Å²) in [4.78, 5) is 23.5. The van der Waals surface area contributed by atoms with Crippen molar-refractivity contribution in [3.05, 3.63) is 11.6 Å². The Kier molecular flexibility index (Phi) is 7.90. The fourth-order valence-corrected chi connectivity index (χ4v) is 2.51. The van der Waals surface area contributed by atoms with Crippen molar-refractivity contribution in [2.24, 2.45) is 5.41 Å². The molecule has 7 nitrogen and oxygen atoms in total. The average Bonchev–Trinajstić information content (AvgIpc) is 2.77. The molecule has 0 radical (unpaired) electrons. The van der Waals surface area contributed by atoms with Crippen LogP contribution in [0.3, 0.4) is 0 Å². The Bertz CT molecular complexity index is 662. The maximum atomic E-state index is 12.0. The maximum Gasteiger partial charge on any atom is 0.221 e. The molecule has 0 aliphatic heterocycles. The van der Waals surface area contributed by atoms with E-state index in [0.717, 1.165) is 0 Å². The maximum absolute atomic E-state index is 12.0. The number of carbonyl (C=O) groups excluding carboxylic acids is 2. The van der Waals surface area contributed by atoms with E-state index in [1.165, 1.54) is 10.6 Å². The first-order valence-electron chi connectivity index (χ1n) is 9.35. The van der Waals surface area contributed by atoms with E-state index in [4.69, 9.17) is 4.74 Å². The Morgan fingerprint density at radius 2 is 1.81 bits per heavy atom. The molecule has 0 spiro atoms. The SMILES string of the molecule is CC(=O)C(C)(C)CCOC(C)(C)CCNC(=O)CCn1c(O)cc(C)c1O. The van der Waals surface area contributed by atoms with Gasteiger partial charge in [0.1, 0.15) is 5.78 Å². The highest BCUT2D eigenvalue weighted by atomic mass is 16.5. The van der Waals surface area contributed by atoms with E-state index in [0.29, 0.717) is 31.6 Å². The lowest BCUT2D eigenvalue weighted by atomic mass is 9.86. The summed E-state index contributed by atoms with van der Waals surface area (Å²) in [6.07, 6.45) is 1.45. The third-order valence-electron chi connectivity index (χ3n) is 5.02. The van der Waals surface area contributed by atoms with Crippen LogP contribution in [0.4, 0.5) is 0 Å². The molecule has 1 amide bonds. The van der Waals surface area contributed by atoms with E-state index in [9.17, 15) is 19.8 Å². The van der Waals surface area contributed by atoms with Crippen molar-refractivity contribution in [1.82, 2.24) is 9.88 Å². The number of aromatic hydroxyl groups is 2. The van der Waals surface area contributed by atoms with Gasteiger partial charge >= 0.3 is 0 Å². The molecule has 0 aliphatic rings. The van der Waals surface area contributed by atoms with Crippen LogP contribution in [-0.2, 0) is 20.9 Å². The zero-order valence-corrected chi connectivity index (χ0v) is 17.4. The number of nitrogens with zero attached hydrogens (tertiary/aromatic N) is 1. The van der Waals surface area contributed by atoms with Crippen LogP contribution < -0.4 is 5.32 Å². The number of Topliss-reactive ketones (excluding diaryl/α,β-unsaturated/α-hetero) is 1. The van der Waals surface area contributed by atoms with Gasteiger partial charge in [0.25, 0.3) is 0 Å². The molecule has 1 aromatic heterocycles. The van der Waals surface area contributed by atoms with Gasteiger partial charge in [-0.1, -0.05) is 13.8 Å². The van der Waals surface area contributed by atoms with E-state index in [1.54, 1.807) is 13.8 Å². The molecule has 0 bridgehead atoms. The van der Waals surface area contributed by atoms with Gasteiger partial charge in [0.05, 0.1) is 5.60 Å². The zero-order chi connectivity index (χ0) is 20.8. The minimum Gasteiger partial charge on any atom is -0.494 e.